The van der Waals surface area contributed by atoms with Crippen LogP contribution in [0.2, 0.25) is 5.02 Å². The first-order valence-electron chi connectivity index (χ1n) is 8.84. The van der Waals surface area contributed by atoms with Crippen molar-refractivity contribution in [1.82, 2.24) is 0 Å². The summed E-state index contributed by atoms with van der Waals surface area (Å²) in [5, 5.41) is 0.611. The molecule has 2 aromatic carbocycles. The highest BCUT2D eigenvalue weighted by Gasteiger charge is 2.39. The molecule has 1 aliphatic rings. The molecular formula is C22H21ClO4. The molecule has 2 aromatic rings. The summed E-state index contributed by atoms with van der Waals surface area (Å²) in [5.74, 6) is -1.10. The van der Waals surface area contributed by atoms with Gasteiger partial charge in [0.05, 0.1) is 13.7 Å². The number of allylic oxidation sites excluding steroid dienone is 2. The van der Waals surface area contributed by atoms with Gasteiger partial charge < -0.3 is 9.47 Å². The van der Waals surface area contributed by atoms with Crippen LogP contribution < -0.4 is 4.74 Å². The highest BCUT2D eigenvalue weighted by molar-refractivity contribution is 6.30. The molecular weight excluding hydrogens is 364 g/mol. The zero-order valence-corrected chi connectivity index (χ0v) is 16.0. The molecule has 3 rings (SSSR count). The highest BCUT2D eigenvalue weighted by Crippen LogP contribution is 2.40. The van der Waals surface area contributed by atoms with Crippen LogP contribution in [0.25, 0.3) is 5.57 Å². The third-order valence-corrected chi connectivity index (χ3v) is 5.02. The molecule has 0 spiro atoms. The quantitative estimate of drug-likeness (QED) is 0.555. The van der Waals surface area contributed by atoms with Crippen molar-refractivity contribution in [3.8, 4) is 5.75 Å². The topological polar surface area (TPSA) is 52.6 Å². The van der Waals surface area contributed by atoms with E-state index in [0.717, 1.165) is 22.4 Å². The molecule has 0 heterocycles. The Morgan fingerprint density at radius 3 is 2.37 bits per heavy atom. The van der Waals surface area contributed by atoms with Crippen LogP contribution in [0.15, 0.2) is 54.6 Å². The Hall–Kier alpha value is -2.59. The second kappa shape index (κ2) is 8.40. The number of ketones is 1. The van der Waals surface area contributed by atoms with Crippen LogP contribution >= 0.6 is 11.6 Å². The minimum absolute atomic E-state index is 0.231. The van der Waals surface area contributed by atoms with Gasteiger partial charge >= 0.3 is 5.97 Å². The molecule has 5 heteroatoms. The number of esters is 1. The zero-order chi connectivity index (χ0) is 19.4. The van der Waals surface area contributed by atoms with Crippen molar-refractivity contribution in [2.75, 3.05) is 13.7 Å². The van der Waals surface area contributed by atoms with Crippen molar-refractivity contribution in [3.63, 3.8) is 0 Å². The molecule has 0 saturated heterocycles. The van der Waals surface area contributed by atoms with Crippen LogP contribution in [0, 0.1) is 5.92 Å². The Kier molecular flexibility index (Phi) is 5.97. The molecule has 1 aliphatic carbocycles. The number of methoxy groups -OCH3 is 1. The number of carbonyl (C=O) groups excluding carboxylic acids is 2. The van der Waals surface area contributed by atoms with Crippen molar-refractivity contribution in [1.29, 1.82) is 0 Å². The lowest BCUT2D eigenvalue weighted by Crippen LogP contribution is -2.34. The van der Waals surface area contributed by atoms with Gasteiger partial charge in [-0.25, -0.2) is 0 Å². The number of ether oxygens (including phenoxy) is 2. The lowest BCUT2D eigenvalue weighted by atomic mass is 9.73. The number of benzene rings is 2. The van der Waals surface area contributed by atoms with E-state index < -0.39 is 11.9 Å². The van der Waals surface area contributed by atoms with Gasteiger partial charge in [-0.1, -0.05) is 35.9 Å². The van der Waals surface area contributed by atoms with E-state index in [0.29, 0.717) is 11.4 Å². The maximum atomic E-state index is 12.8. The number of halogens is 1. The second-order valence-corrected chi connectivity index (χ2v) is 6.83. The summed E-state index contributed by atoms with van der Waals surface area (Å²) in [5.41, 5.74) is 2.72. The minimum Gasteiger partial charge on any atom is -0.497 e. The monoisotopic (exact) mass is 384 g/mol. The lowest BCUT2D eigenvalue weighted by Gasteiger charge is -2.29. The van der Waals surface area contributed by atoms with Gasteiger partial charge in [0.25, 0.3) is 0 Å². The van der Waals surface area contributed by atoms with Crippen molar-refractivity contribution in [2.45, 2.75) is 19.3 Å². The fourth-order valence-electron chi connectivity index (χ4n) is 3.41. The van der Waals surface area contributed by atoms with Crippen LogP contribution in [-0.4, -0.2) is 25.5 Å². The van der Waals surface area contributed by atoms with E-state index in [4.69, 9.17) is 21.1 Å². The molecule has 2 atom stereocenters. The first kappa shape index (κ1) is 19.2. The van der Waals surface area contributed by atoms with Gasteiger partial charge in [0, 0.05) is 10.9 Å². The SMILES string of the molecule is CCOC(=O)[C@H]1C(=O)C=C(c2ccc(OC)cc2)C[C@@H]1c1ccc(Cl)cc1. The third kappa shape index (κ3) is 4.22. The van der Waals surface area contributed by atoms with E-state index in [2.05, 4.69) is 0 Å². The largest absolute Gasteiger partial charge is 0.497 e. The number of hydrogen-bond donors (Lipinski definition) is 0. The third-order valence-electron chi connectivity index (χ3n) is 4.76. The number of rotatable bonds is 5. The van der Waals surface area contributed by atoms with Crippen LogP contribution in [0.1, 0.15) is 30.4 Å². The summed E-state index contributed by atoms with van der Waals surface area (Å²) in [6.07, 6.45) is 2.12. The Labute approximate surface area is 163 Å². The molecule has 0 saturated carbocycles. The van der Waals surface area contributed by atoms with Crippen LogP contribution in [-0.2, 0) is 14.3 Å². The average molecular weight is 385 g/mol. The molecule has 0 N–H and O–H groups in total. The van der Waals surface area contributed by atoms with Crippen molar-refractivity contribution < 1.29 is 19.1 Å². The Morgan fingerprint density at radius 1 is 1.11 bits per heavy atom. The molecule has 140 valence electrons. The standard InChI is InChI=1S/C22H21ClO4/c1-3-27-22(25)21-19(15-4-8-17(23)9-5-15)12-16(13-20(21)24)14-6-10-18(26-2)11-7-14/h4-11,13,19,21H,3,12H2,1-2H3/t19-,21-/m1/s1. The normalized spacial score (nSPS) is 19.4. The van der Waals surface area contributed by atoms with Gasteiger partial charge in [-0.2, -0.15) is 0 Å². The summed E-state index contributed by atoms with van der Waals surface area (Å²) in [4.78, 5) is 25.3. The average Bonchev–Trinajstić information content (AvgIpc) is 2.68. The van der Waals surface area contributed by atoms with Crippen molar-refractivity contribution >= 4 is 28.9 Å². The van der Waals surface area contributed by atoms with Gasteiger partial charge in [0.2, 0.25) is 0 Å². The van der Waals surface area contributed by atoms with Crippen molar-refractivity contribution in [3.05, 3.63) is 70.8 Å². The summed E-state index contributed by atoms with van der Waals surface area (Å²) in [7, 11) is 1.61. The molecule has 0 aromatic heterocycles. The highest BCUT2D eigenvalue weighted by atomic mass is 35.5. The van der Waals surface area contributed by atoms with Gasteiger partial charge in [0.1, 0.15) is 11.7 Å². The summed E-state index contributed by atoms with van der Waals surface area (Å²) >= 11 is 6.00. The fourth-order valence-corrected chi connectivity index (χ4v) is 3.54. The van der Waals surface area contributed by atoms with E-state index in [9.17, 15) is 9.59 Å². The van der Waals surface area contributed by atoms with Gasteiger partial charge in [-0.3, -0.25) is 9.59 Å². The molecule has 0 fully saturated rings. The Bertz CT molecular complexity index is 853. The first-order valence-corrected chi connectivity index (χ1v) is 9.22. The summed E-state index contributed by atoms with van der Waals surface area (Å²) in [6.45, 7) is 1.98. The first-order chi connectivity index (χ1) is 13.0. The van der Waals surface area contributed by atoms with Gasteiger partial charge in [0.15, 0.2) is 5.78 Å². The predicted molar refractivity (Wildman–Crippen MR) is 105 cm³/mol. The van der Waals surface area contributed by atoms with Crippen molar-refractivity contribution in [2.24, 2.45) is 5.92 Å². The van der Waals surface area contributed by atoms with E-state index in [1.165, 1.54) is 0 Å². The summed E-state index contributed by atoms with van der Waals surface area (Å²) in [6, 6.07) is 14.8. The van der Waals surface area contributed by atoms with E-state index >= 15 is 0 Å². The Balaban J connectivity index is 1.99. The van der Waals surface area contributed by atoms with Crippen LogP contribution in [0.5, 0.6) is 5.75 Å². The molecule has 0 aliphatic heterocycles. The fraction of sp³-hybridized carbons (Fsp3) is 0.273. The number of carbonyl (C=O) groups is 2. The van der Waals surface area contributed by atoms with E-state index in [1.807, 2.05) is 36.4 Å². The maximum absolute atomic E-state index is 12.8. The Morgan fingerprint density at radius 2 is 1.78 bits per heavy atom. The predicted octanol–water partition coefficient (Wildman–Crippen LogP) is 4.67. The molecule has 0 unspecified atom stereocenters. The van der Waals surface area contributed by atoms with Gasteiger partial charge in [-0.15, -0.1) is 0 Å². The minimum atomic E-state index is -0.840. The lowest BCUT2D eigenvalue weighted by molar-refractivity contribution is -0.151. The van der Waals surface area contributed by atoms with E-state index in [1.54, 1.807) is 32.2 Å². The second-order valence-electron chi connectivity index (χ2n) is 6.39. The zero-order valence-electron chi connectivity index (χ0n) is 15.3. The van der Waals surface area contributed by atoms with Crippen LogP contribution in [0.4, 0.5) is 0 Å². The smallest absolute Gasteiger partial charge is 0.317 e. The molecule has 4 nitrogen and oxygen atoms in total. The number of hydrogen-bond acceptors (Lipinski definition) is 4. The van der Waals surface area contributed by atoms with Crippen LogP contribution in [0.3, 0.4) is 0 Å². The molecule has 0 amide bonds. The molecule has 27 heavy (non-hydrogen) atoms. The van der Waals surface area contributed by atoms with Gasteiger partial charge in [-0.05, 0) is 60.4 Å². The summed E-state index contributed by atoms with van der Waals surface area (Å²) < 4.78 is 10.4. The molecule has 0 radical (unpaired) electrons. The molecule has 0 bridgehead atoms. The van der Waals surface area contributed by atoms with E-state index in [-0.39, 0.29) is 18.3 Å². The maximum Gasteiger partial charge on any atom is 0.317 e.